The van der Waals surface area contributed by atoms with E-state index in [1.54, 1.807) is 24.6 Å². The van der Waals surface area contributed by atoms with E-state index in [4.69, 9.17) is 16.0 Å². The lowest BCUT2D eigenvalue weighted by Gasteiger charge is -2.35. The maximum Gasteiger partial charge on any atom is 0.255 e. The van der Waals surface area contributed by atoms with Gasteiger partial charge in [0.25, 0.3) is 5.91 Å². The fourth-order valence-corrected chi connectivity index (χ4v) is 3.19. The summed E-state index contributed by atoms with van der Waals surface area (Å²) in [4.78, 5) is 25.5. The Hall–Kier alpha value is -2.86. The summed E-state index contributed by atoms with van der Waals surface area (Å²) >= 11 is 6.14. The zero-order valence-corrected chi connectivity index (χ0v) is 14.8. The summed E-state index contributed by atoms with van der Waals surface area (Å²) in [6, 6.07) is 12.7. The molecule has 1 fully saturated rings. The van der Waals surface area contributed by atoms with E-state index in [0.29, 0.717) is 48.5 Å². The van der Waals surface area contributed by atoms with Gasteiger partial charge in [0.05, 0.1) is 16.8 Å². The van der Waals surface area contributed by atoms with Crippen molar-refractivity contribution in [2.45, 2.75) is 0 Å². The van der Waals surface area contributed by atoms with Gasteiger partial charge in [-0.25, -0.2) is 9.97 Å². The van der Waals surface area contributed by atoms with Crippen molar-refractivity contribution in [1.82, 2.24) is 14.9 Å². The van der Waals surface area contributed by atoms with Gasteiger partial charge in [0.15, 0.2) is 5.76 Å². The minimum Gasteiger partial charge on any atom is -0.463 e. The van der Waals surface area contributed by atoms with Crippen LogP contribution in [0.25, 0.3) is 11.5 Å². The van der Waals surface area contributed by atoms with Crippen LogP contribution < -0.4 is 4.90 Å². The number of hydrogen-bond donors (Lipinski definition) is 0. The van der Waals surface area contributed by atoms with Crippen molar-refractivity contribution >= 4 is 23.5 Å². The number of amides is 1. The molecule has 6 nitrogen and oxygen atoms in total. The van der Waals surface area contributed by atoms with Crippen molar-refractivity contribution in [3.8, 4) is 11.5 Å². The van der Waals surface area contributed by atoms with E-state index in [1.165, 1.54) is 0 Å². The summed E-state index contributed by atoms with van der Waals surface area (Å²) in [6.07, 6.45) is 3.34. The Labute approximate surface area is 156 Å². The van der Waals surface area contributed by atoms with Crippen LogP contribution in [0.4, 0.5) is 5.95 Å². The van der Waals surface area contributed by atoms with E-state index < -0.39 is 0 Å². The van der Waals surface area contributed by atoms with Gasteiger partial charge < -0.3 is 14.2 Å². The SMILES string of the molecule is O=C(c1ccccc1Cl)N1CCN(c2nccc(-c3ccco3)n2)CC1. The van der Waals surface area contributed by atoms with Crippen molar-refractivity contribution in [2.24, 2.45) is 0 Å². The van der Waals surface area contributed by atoms with E-state index in [0.717, 1.165) is 5.69 Å². The Balaban J connectivity index is 1.45. The number of aromatic nitrogens is 2. The molecule has 0 aliphatic carbocycles. The highest BCUT2D eigenvalue weighted by atomic mass is 35.5. The maximum absolute atomic E-state index is 12.7. The lowest BCUT2D eigenvalue weighted by molar-refractivity contribution is 0.0746. The fourth-order valence-electron chi connectivity index (χ4n) is 2.98. The Bertz CT molecular complexity index is 905. The molecule has 0 bridgehead atoms. The van der Waals surface area contributed by atoms with E-state index in [9.17, 15) is 4.79 Å². The van der Waals surface area contributed by atoms with E-state index in [-0.39, 0.29) is 5.91 Å². The number of hydrogen-bond acceptors (Lipinski definition) is 5. The molecule has 0 atom stereocenters. The van der Waals surface area contributed by atoms with Gasteiger partial charge in [-0.05, 0) is 30.3 Å². The second-order valence-corrected chi connectivity index (χ2v) is 6.39. The third kappa shape index (κ3) is 3.28. The van der Waals surface area contributed by atoms with Gasteiger partial charge in [-0.2, -0.15) is 0 Å². The Morgan fingerprint density at radius 3 is 2.58 bits per heavy atom. The second kappa shape index (κ2) is 7.17. The highest BCUT2D eigenvalue weighted by Crippen LogP contribution is 2.21. The van der Waals surface area contributed by atoms with Crippen molar-refractivity contribution in [3.05, 3.63) is 65.5 Å². The number of piperazine rings is 1. The van der Waals surface area contributed by atoms with E-state index >= 15 is 0 Å². The fraction of sp³-hybridized carbons (Fsp3) is 0.211. The van der Waals surface area contributed by atoms with Gasteiger partial charge in [0.2, 0.25) is 5.95 Å². The van der Waals surface area contributed by atoms with Crippen molar-refractivity contribution in [2.75, 3.05) is 31.1 Å². The molecule has 2 aromatic heterocycles. The quantitative estimate of drug-likeness (QED) is 0.709. The predicted octanol–water partition coefficient (Wildman–Crippen LogP) is 3.35. The van der Waals surface area contributed by atoms with Crippen LogP contribution in [-0.2, 0) is 0 Å². The maximum atomic E-state index is 12.7. The molecular formula is C19H17ClN4O2. The number of rotatable bonds is 3. The van der Waals surface area contributed by atoms with Crippen LogP contribution in [0.5, 0.6) is 0 Å². The molecule has 4 rings (SSSR count). The summed E-state index contributed by atoms with van der Waals surface area (Å²) in [5.74, 6) is 1.31. The molecule has 1 saturated heterocycles. The van der Waals surface area contributed by atoms with Gasteiger partial charge in [-0.1, -0.05) is 23.7 Å². The highest BCUT2D eigenvalue weighted by Gasteiger charge is 2.24. The van der Waals surface area contributed by atoms with Crippen LogP contribution in [-0.4, -0.2) is 47.0 Å². The molecule has 0 saturated carbocycles. The summed E-state index contributed by atoms with van der Waals surface area (Å²) in [6.45, 7) is 2.52. The third-order valence-corrected chi connectivity index (χ3v) is 4.70. The lowest BCUT2D eigenvalue weighted by Crippen LogP contribution is -2.49. The first kappa shape index (κ1) is 16.6. The minimum atomic E-state index is -0.0412. The minimum absolute atomic E-state index is 0.0412. The largest absolute Gasteiger partial charge is 0.463 e. The molecule has 132 valence electrons. The Kier molecular flexibility index (Phi) is 4.58. The first-order valence-electron chi connectivity index (χ1n) is 8.38. The van der Waals surface area contributed by atoms with Gasteiger partial charge in [0, 0.05) is 32.4 Å². The smallest absolute Gasteiger partial charge is 0.255 e. The number of carbonyl (C=O) groups excluding carboxylic acids is 1. The average Bonchev–Trinajstić information content (AvgIpc) is 3.23. The summed E-state index contributed by atoms with van der Waals surface area (Å²) in [7, 11) is 0. The molecule has 3 aromatic rings. The Morgan fingerprint density at radius 2 is 1.85 bits per heavy atom. The molecule has 1 aromatic carbocycles. The van der Waals surface area contributed by atoms with Crippen LogP contribution in [0.1, 0.15) is 10.4 Å². The van der Waals surface area contributed by atoms with Crippen LogP contribution in [0.2, 0.25) is 5.02 Å². The molecule has 1 aliphatic heterocycles. The monoisotopic (exact) mass is 368 g/mol. The molecular weight excluding hydrogens is 352 g/mol. The first-order valence-corrected chi connectivity index (χ1v) is 8.76. The molecule has 1 aliphatic rings. The van der Waals surface area contributed by atoms with E-state index in [2.05, 4.69) is 14.9 Å². The summed E-state index contributed by atoms with van der Waals surface area (Å²) in [5.41, 5.74) is 1.29. The third-order valence-electron chi connectivity index (χ3n) is 4.37. The molecule has 1 amide bonds. The average molecular weight is 369 g/mol. The van der Waals surface area contributed by atoms with Crippen molar-refractivity contribution < 1.29 is 9.21 Å². The molecule has 0 N–H and O–H groups in total. The Morgan fingerprint density at radius 1 is 1.04 bits per heavy atom. The van der Waals surface area contributed by atoms with Crippen LogP contribution >= 0.6 is 11.6 Å². The van der Waals surface area contributed by atoms with Gasteiger partial charge in [0.1, 0.15) is 5.69 Å². The van der Waals surface area contributed by atoms with Crippen LogP contribution in [0.3, 0.4) is 0 Å². The van der Waals surface area contributed by atoms with E-state index in [1.807, 2.05) is 35.2 Å². The number of benzene rings is 1. The van der Waals surface area contributed by atoms with Crippen LogP contribution in [0.15, 0.2) is 59.3 Å². The second-order valence-electron chi connectivity index (χ2n) is 5.98. The number of halogens is 1. The van der Waals surface area contributed by atoms with Crippen molar-refractivity contribution in [1.29, 1.82) is 0 Å². The number of nitrogens with zero attached hydrogens (tertiary/aromatic N) is 4. The zero-order chi connectivity index (χ0) is 17.9. The van der Waals surface area contributed by atoms with Crippen molar-refractivity contribution in [3.63, 3.8) is 0 Å². The standard InChI is InChI=1S/C19H17ClN4O2/c20-15-5-2-1-4-14(15)18(25)23-9-11-24(12-10-23)19-21-8-7-16(22-19)17-6-3-13-26-17/h1-8,13H,9-12H2. The topological polar surface area (TPSA) is 62.5 Å². The van der Waals surface area contributed by atoms with Crippen LogP contribution in [0, 0.1) is 0 Å². The zero-order valence-electron chi connectivity index (χ0n) is 14.0. The number of anilines is 1. The summed E-state index contributed by atoms with van der Waals surface area (Å²) < 4.78 is 5.40. The molecule has 0 unspecified atom stereocenters. The highest BCUT2D eigenvalue weighted by molar-refractivity contribution is 6.33. The molecule has 0 spiro atoms. The number of carbonyl (C=O) groups is 1. The van der Waals surface area contributed by atoms with Gasteiger partial charge >= 0.3 is 0 Å². The van der Waals surface area contributed by atoms with Gasteiger partial charge in [-0.15, -0.1) is 0 Å². The first-order chi connectivity index (χ1) is 12.7. The molecule has 26 heavy (non-hydrogen) atoms. The molecule has 7 heteroatoms. The lowest BCUT2D eigenvalue weighted by atomic mass is 10.2. The molecule has 0 radical (unpaired) electrons. The predicted molar refractivity (Wildman–Crippen MR) is 99.3 cm³/mol. The molecule has 3 heterocycles. The number of furan rings is 1. The van der Waals surface area contributed by atoms with Gasteiger partial charge in [-0.3, -0.25) is 4.79 Å². The normalized spacial score (nSPS) is 14.5. The summed E-state index contributed by atoms with van der Waals surface area (Å²) in [5, 5.41) is 0.481.